The first-order chi connectivity index (χ1) is 8.29. The molecule has 2 rings (SSSR count). The maximum atomic E-state index is 11.2. The molecule has 0 bridgehead atoms. The maximum Gasteiger partial charge on any atom is 0.410 e. The van der Waals surface area contributed by atoms with E-state index in [-0.39, 0.29) is 6.09 Å². The lowest BCUT2D eigenvalue weighted by molar-refractivity contribution is 0.157. The van der Waals surface area contributed by atoms with Gasteiger partial charge in [0.2, 0.25) is 0 Å². The minimum Gasteiger partial charge on any atom is -0.448 e. The number of hydrogen-bond donors (Lipinski definition) is 1. The largest absolute Gasteiger partial charge is 0.448 e. The van der Waals surface area contributed by atoms with E-state index in [9.17, 15) is 4.79 Å². The molecule has 1 N–H and O–H groups in total. The van der Waals surface area contributed by atoms with Crippen LogP contribution in [0.25, 0.3) is 0 Å². The van der Waals surface area contributed by atoms with E-state index in [1.165, 1.54) is 0 Å². The van der Waals surface area contributed by atoms with Crippen molar-refractivity contribution < 1.29 is 9.53 Å². The molecule has 92 valence electrons. The predicted molar refractivity (Wildman–Crippen MR) is 62.6 cm³/mol. The lowest BCUT2D eigenvalue weighted by Crippen LogP contribution is -2.24. The molecule has 1 amide bonds. The van der Waals surface area contributed by atoms with E-state index >= 15 is 0 Å². The summed E-state index contributed by atoms with van der Waals surface area (Å²) in [4.78, 5) is 21.3. The van der Waals surface area contributed by atoms with Gasteiger partial charge in [-0.1, -0.05) is 6.92 Å². The molecule has 1 aromatic rings. The smallest absolute Gasteiger partial charge is 0.410 e. The number of cyclic esters (lactones) is 1. The first-order valence-corrected chi connectivity index (χ1v) is 5.76. The van der Waals surface area contributed by atoms with Gasteiger partial charge in [-0.25, -0.2) is 9.78 Å². The standard InChI is InChI=1S/C11H16N4O2/c1-2-3-12-10-7-13-9(6-14-10)8-15-4-5-17-11(15)16/h6-7H,2-5,8H2,1H3,(H,12,14). The van der Waals surface area contributed by atoms with Gasteiger partial charge in [-0.15, -0.1) is 0 Å². The summed E-state index contributed by atoms with van der Waals surface area (Å²) >= 11 is 0. The summed E-state index contributed by atoms with van der Waals surface area (Å²) in [5.41, 5.74) is 0.769. The predicted octanol–water partition coefficient (Wildman–Crippen LogP) is 1.25. The summed E-state index contributed by atoms with van der Waals surface area (Å²) < 4.78 is 4.84. The van der Waals surface area contributed by atoms with Crippen LogP contribution in [0.15, 0.2) is 12.4 Å². The van der Waals surface area contributed by atoms with Crippen molar-refractivity contribution in [3.05, 3.63) is 18.1 Å². The third-order valence-electron chi connectivity index (χ3n) is 2.46. The highest BCUT2D eigenvalue weighted by atomic mass is 16.6. The average molecular weight is 236 g/mol. The molecule has 0 radical (unpaired) electrons. The normalized spacial score (nSPS) is 14.9. The molecule has 0 saturated carbocycles. The van der Waals surface area contributed by atoms with Gasteiger partial charge in [0.05, 0.1) is 31.2 Å². The number of nitrogens with one attached hydrogen (secondary N) is 1. The molecular weight excluding hydrogens is 220 g/mol. The van der Waals surface area contributed by atoms with E-state index in [4.69, 9.17) is 4.74 Å². The summed E-state index contributed by atoms with van der Waals surface area (Å²) in [5, 5.41) is 3.15. The highest BCUT2D eigenvalue weighted by Gasteiger charge is 2.22. The van der Waals surface area contributed by atoms with E-state index in [1.54, 1.807) is 17.3 Å². The van der Waals surface area contributed by atoms with Gasteiger partial charge in [-0.2, -0.15) is 0 Å². The first kappa shape index (κ1) is 11.6. The Morgan fingerprint density at radius 1 is 1.47 bits per heavy atom. The summed E-state index contributed by atoms with van der Waals surface area (Å²) in [6.45, 7) is 4.51. The molecule has 0 atom stereocenters. The van der Waals surface area contributed by atoms with Crippen LogP contribution in [0.4, 0.5) is 10.6 Å². The number of aromatic nitrogens is 2. The molecule has 1 fully saturated rings. The SMILES string of the molecule is CCCNc1cnc(CN2CCOC2=O)cn1. The summed E-state index contributed by atoms with van der Waals surface area (Å²) in [6, 6.07) is 0. The van der Waals surface area contributed by atoms with Crippen molar-refractivity contribution in [2.24, 2.45) is 0 Å². The zero-order chi connectivity index (χ0) is 12.1. The third-order valence-corrected chi connectivity index (χ3v) is 2.46. The van der Waals surface area contributed by atoms with Crippen LogP contribution in [0.5, 0.6) is 0 Å². The molecule has 1 aromatic heterocycles. The molecule has 0 aliphatic carbocycles. The molecule has 0 aromatic carbocycles. The lowest BCUT2D eigenvalue weighted by atomic mass is 10.4. The maximum absolute atomic E-state index is 11.2. The highest BCUT2D eigenvalue weighted by molar-refractivity contribution is 5.69. The molecule has 1 aliphatic rings. The van der Waals surface area contributed by atoms with E-state index in [1.807, 2.05) is 0 Å². The molecule has 17 heavy (non-hydrogen) atoms. The first-order valence-electron chi connectivity index (χ1n) is 5.76. The Labute approximate surface area is 100 Å². The monoisotopic (exact) mass is 236 g/mol. The van der Waals surface area contributed by atoms with Crippen molar-refractivity contribution in [3.63, 3.8) is 0 Å². The van der Waals surface area contributed by atoms with Crippen molar-refractivity contribution in [2.45, 2.75) is 19.9 Å². The van der Waals surface area contributed by atoms with Crippen LogP contribution in [0.2, 0.25) is 0 Å². The van der Waals surface area contributed by atoms with Crippen molar-refractivity contribution >= 4 is 11.9 Å². The number of nitrogens with zero attached hydrogens (tertiary/aromatic N) is 3. The van der Waals surface area contributed by atoms with Gasteiger partial charge in [0.25, 0.3) is 0 Å². The van der Waals surface area contributed by atoms with Crippen LogP contribution in [0.3, 0.4) is 0 Å². The molecule has 1 aliphatic heterocycles. The van der Waals surface area contributed by atoms with Crippen molar-refractivity contribution in [3.8, 4) is 0 Å². The zero-order valence-electron chi connectivity index (χ0n) is 9.85. The Kier molecular flexibility index (Phi) is 3.74. The van der Waals surface area contributed by atoms with Crippen LogP contribution in [0, 0.1) is 0 Å². The lowest BCUT2D eigenvalue weighted by Gasteiger charge is -2.11. The number of carbonyl (C=O) groups is 1. The summed E-state index contributed by atoms with van der Waals surface area (Å²) in [5.74, 6) is 0.764. The number of hydrogen-bond acceptors (Lipinski definition) is 5. The fourth-order valence-electron chi connectivity index (χ4n) is 1.55. The Morgan fingerprint density at radius 2 is 2.35 bits per heavy atom. The number of anilines is 1. The molecular formula is C11H16N4O2. The van der Waals surface area contributed by atoms with Crippen molar-refractivity contribution in [1.29, 1.82) is 0 Å². The Balaban J connectivity index is 1.91. The van der Waals surface area contributed by atoms with E-state index in [0.717, 1.165) is 24.5 Å². The van der Waals surface area contributed by atoms with Crippen LogP contribution >= 0.6 is 0 Å². The zero-order valence-corrected chi connectivity index (χ0v) is 9.85. The molecule has 1 saturated heterocycles. The van der Waals surface area contributed by atoms with E-state index < -0.39 is 0 Å². The van der Waals surface area contributed by atoms with Crippen LogP contribution < -0.4 is 5.32 Å². The Bertz CT molecular complexity index is 380. The second-order valence-electron chi connectivity index (χ2n) is 3.86. The topological polar surface area (TPSA) is 67.3 Å². The van der Waals surface area contributed by atoms with Gasteiger partial charge >= 0.3 is 6.09 Å². The van der Waals surface area contributed by atoms with Gasteiger partial charge in [-0.05, 0) is 6.42 Å². The molecule has 0 unspecified atom stereocenters. The van der Waals surface area contributed by atoms with E-state index in [0.29, 0.717) is 19.7 Å². The van der Waals surface area contributed by atoms with Gasteiger partial charge in [-0.3, -0.25) is 9.88 Å². The molecule has 2 heterocycles. The van der Waals surface area contributed by atoms with Crippen molar-refractivity contribution in [2.75, 3.05) is 25.0 Å². The van der Waals surface area contributed by atoms with Gasteiger partial charge in [0.15, 0.2) is 0 Å². The van der Waals surface area contributed by atoms with Crippen molar-refractivity contribution in [1.82, 2.24) is 14.9 Å². The fraction of sp³-hybridized carbons (Fsp3) is 0.545. The van der Waals surface area contributed by atoms with Gasteiger partial charge in [0.1, 0.15) is 12.4 Å². The second-order valence-corrected chi connectivity index (χ2v) is 3.86. The second kappa shape index (κ2) is 5.47. The van der Waals surface area contributed by atoms with Crippen LogP contribution in [-0.4, -0.2) is 40.7 Å². The van der Waals surface area contributed by atoms with E-state index in [2.05, 4.69) is 22.2 Å². The summed E-state index contributed by atoms with van der Waals surface area (Å²) in [6.07, 6.45) is 4.14. The van der Waals surface area contributed by atoms with Gasteiger partial charge in [0, 0.05) is 6.54 Å². The quantitative estimate of drug-likeness (QED) is 0.833. The highest BCUT2D eigenvalue weighted by Crippen LogP contribution is 2.09. The summed E-state index contributed by atoms with van der Waals surface area (Å²) in [7, 11) is 0. The number of ether oxygens (including phenoxy) is 1. The molecule has 6 nitrogen and oxygen atoms in total. The third kappa shape index (κ3) is 3.05. The van der Waals surface area contributed by atoms with Crippen LogP contribution in [0.1, 0.15) is 19.0 Å². The molecule has 0 spiro atoms. The average Bonchev–Trinajstić information content (AvgIpc) is 2.74. The number of rotatable bonds is 5. The Hall–Kier alpha value is -1.85. The minimum atomic E-state index is -0.278. The fourth-order valence-corrected chi connectivity index (χ4v) is 1.55. The minimum absolute atomic E-state index is 0.278. The number of carbonyl (C=O) groups excluding carboxylic acids is 1. The van der Waals surface area contributed by atoms with Crippen LogP contribution in [-0.2, 0) is 11.3 Å². The number of amides is 1. The Morgan fingerprint density at radius 3 is 2.94 bits per heavy atom. The molecule has 6 heteroatoms. The van der Waals surface area contributed by atoms with Gasteiger partial charge < -0.3 is 10.1 Å².